The molecule has 1 heterocycles. The van der Waals surface area contributed by atoms with E-state index in [0.29, 0.717) is 19.0 Å². The van der Waals surface area contributed by atoms with E-state index in [1.54, 1.807) is 0 Å². The molecule has 1 rings (SSSR count). The summed E-state index contributed by atoms with van der Waals surface area (Å²) in [6.45, 7) is 10.7. The number of carbonyl (C=O) groups excluding carboxylic acids is 2. The van der Waals surface area contributed by atoms with Crippen LogP contribution in [0.4, 0.5) is 9.59 Å². The maximum Gasteiger partial charge on any atom is 0.317 e. The highest BCUT2D eigenvalue weighted by atomic mass is 16.2. The summed E-state index contributed by atoms with van der Waals surface area (Å²) in [6.07, 6.45) is 1.87. The zero-order valence-corrected chi connectivity index (χ0v) is 13.1. The zero-order chi connectivity index (χ0) is 15.2. The summed E-state index contributed by atoms with van der Waals surface area (Å²) >= 11 is 0. The van der Waals surface area contributed by atoms with Crippen LogP contribution in [0.2, 0.25) is 0 Å². The number of hydrogen-bond acceptors (Lipinski definition) is 2. The second-order valence-electron chi connectivity index (χ2n) is 6.35. The molecule has 0 aromatic heterocycles. The van der Waals surface area contributed by atoms with Gasteiger partial charge in [-0.15, -0.1) is 0 Å². The third-order valence-electron chi connectivity index (χ3n) is 3.27. The first-order valence-electron chi connectivity index (χ1n) is 7.40. The number of piperidine rings is 1. The minimum atomic E-state index is -0.201. The van der Waals surface area contributed by atoms with E-state index in [4.69, 9.17) is 0 Å². The van der Waals surface area contributed by atoms with Crippen LogP contribution in [0.15, 0.2) is 0 Å². The van der Waals surface area contributed by atoms with Crippen LogP contribution < -0.4 is 16.0 Å². The molecule has 1 aliphatic heterocycles. The largest absolute Gasteiger partial charge is 0.338 e. The van der Waals surface area contributed by atoms with E-state index in [2.05, 4.69) is 16.0 Å². The molecular weight excluding hydrogens is 256 g/mol. The van der Waals surface area contributed by atoms with Crippen LogP contribution in [0.25, 0.3) is 0 Å². The van der Waals surface area contributed by atoms with Gasteiger partial charge in [-0.3, -0.25) is 0 Å². The van der Waals surface area contributed by atoms with Crippen LogP contribution in [0, 0.1) is 5.92 Å². The lowest BCUT2D eigenvalue weighted by atomic mass is 9.97. The van der Waals surface area contributed by atoms with Crippen LogP contribution in [-0.4, -0.2) is 48.7 Å². The molecule has 3 N–H and O–H groups in total. The summed E-state index contributed by atoms with van der Waals surface area (Å²) in [6, 6.07) is -0.104. The number of nitrogens with zero attached hydrogens (tertiary/aromatic N) is 1. The first kappa shape index (κ1) is 16.6. The molecule has 0 aromatic carbocycles. The Hall–Kier alpha value is -1.46. The summed E-state index contributed by atoms with van der Waals surface area (Å²) in [5, 5.41) is 8.56. The lowest BCUT2D eigenvalue weighted by molar-refractivity contribution is 0.162. The van der Waals surface area contributed by atoms with Crippen molar-refractivity contribution in [1.82, 2.24) is 20.9 Å². The van der Waals surface area contributed by atoms with E-state index in [9.17, 15) is 9.59 Å². The van der Waals surface area contributed by atoms with E-state index < -0.39 is 0 Å². The molecule has 0 aromatic rings. The molecule has 0 bridgehead atoms. The first-order valence-corrected chi connectivity index (χ1v) is 7.40. The molecule has 0 radical (unpaired) electrons. The Labute approximate surface area is 121 Å². The monoisotopic (exact) mass is 284 g/mol. The molecule has 116 valence electrons. The lowest BCUT2D eigenvalue weighted by Crippen LogP contribution is -2.51. The minimum Gasteiger partial charge on any atom is -0.338 e. The fraction of sp³-hybridized carbons (Fsp3) is 0.857. The van der Waals surface area contributed by atoms with Crippen LogP contribution in [0.3, 0.4) is 0 Å². The van der Waals surface area contributed by atoms with Crippen LogP contribution in [0.1, 0.15) is 40.5 Å². The highest BCUT2D eigenvalue weighted by Crippen LogP contribution is 2.17. The molecule has 6 nitrogen and oxygen atoms in total. The van der Waals surface area contributed by atoms with Crippen molar-refractivity contribution in [3.8, 4) is 0 Å². The average Bonchev–Trinajstić information content (AvgIpc) is 2.35. The highest BCUT2D eigenvalue weighted by Gasteiger charge is 2.25. The predicted octanol–water partition coefficient (Wildman–Crippen LogP) is 1.53. The number of likely N-dealkylation sites (tertiary alicyclic amines) is 1. The van der Waals surface area contributed by atoms with E-state index in [1.165, 1.54) is 0 Å². The van der Waals surface area contributed by atoms with Gasteiger partial charge in [0.1, 0.15) is 0 Å². The molecule has 0 saturated carbocycles. The van der Waals surface area contributed by atoms with Gasteiger partial charge in [-0.2, -0.15) is 0 Å². The second kappa shape index (κ2) is 7.36. The number of nitrogens with one attached hydrogen (secondary N) is 3. The van der Waals surface area contributed by atoms with Gasteiger partial charge in [-0.05, 0) is 46.5 Å². The second-order valence-corrected chi connectivity index (χ2v) is 6.35. The lowest BCUT2D eigenvalue weighted by Gasteiger charge is -2.34. The molecule has 0 aliphatic carbocycles. The molecular formula is C14H28N4O2. The fourth-order valence-corrected chi connectivity index (χ4v) is 2.20. The standard InChI is InChI=1S/C14H28N4O2/c1-5-15-12(19)16-10-11-6-8-18(9-7-11)13(20)17-14(2,3)4/h11H,5-10H2,1-4H3,(H,17,20)(H2,15,16,19). The Morgan fingerprint density at radius 3 is 2.25 bits per heavy atom. The van der Waals surface area contributed by atoms with Gasteiger partial charge in [0.15, 0.2) is 0 Å². The fourth-order valence-electron chi connectivity index (χ4n) is 2.20. The van der Waals surface area contributed by atoms with Crippen molar-refractivity contribution in [1.29, 1.82) is 0 Å². The van der Waals surface area contributed by atoms with Gasteiger partial charge in [0.05, 0.1) is 0 Å². The normalized spacial score (nSPS) is 16.7. The van der Waals surface area contributed by atoms with E-state index >= 15 is 0 Å². The highest BCUT2D eigenvalue weighted by molar-refractivity contribution is 5.75. The Kier molecular flexibility index (Phi) is 6.10. The van der Waals surface area contributed by atoms with E-state index in [1.807, 2.05) is 32.6 Å². The van der Waals surface area contributed by atoms with Crippen molar-refractivity contribution in [2.24, 2.45) is 5.92 Å². The van der Waals surface area contributed by atoms with Crippen molar-refractivity contribution in [2.75, 3.05) is 26.2 Å². The Balaban J connectivity index is 2.26. The molecule has 1 saturated heterocycles. The molecule has 0 spiro atoms. The molecule has 0 atom stereocenters. The minimum absolute atomic E-state index is 0.00707. The molecule has 1 fully saturated rings. The van der Waals surface area contributed by atoms with E-state index in [-0.39, 0.29) is 17.6 Å². The van der Waals surface area contributed by atoms with Gasteiger partial charge in [0.25, 0.3) is 0 Å². The summed E-state index contributed by atoms with van der Waals surface area (Å²) in [5.74, 6) is 0.455. The van der Waals surface area contributed by atoms with Gasteiger partial charge >= 0.3 is 12.1 Å². The summed E-state index contributed by atoms with van der Waals surface area (Å²) in [7, 11) is 0. The van der Waals surface area contributed by atoms with Gasteiger partial charge in [-0.1, -0.05) is 0 Å². The molecule has 0 unspecified atom stereocenters. The van der Waals surface area contributed by atoms with Crippen LogP contribution in [-0.2, 0) is 0 Å². The first-order chi connectivity index (χ1) is 9.31. The van der Waals surface area contributed by atoms with Crippen molar-refractivity contribution in [3.05, 3.63) is 0 Å². The van der Waals surface area contributed by atoms with Crippen molar-refractivity contribution >= 4 is 12.1 Å². The van der Waals surface area contributed by atoms with Gasteiger partial charge in [0, 0.05) is 31.7 Å². The quantitative estimate of drug-likeness (QED) is 0.735. The average molecular weight is 284 g/mol. The van der Waals surface area contributed by atoms with E-state index in [0.717, 1.165) is 25.9 Å². The number of carbonyl (C=O) groups is 2. The number of amides is 4. The third-order valence-corrected chi connectivity index (χ3v) is 3.27. The Bertz CT molecular complexity index is 331. The maximum absolute atomic E-state index is 12.0. The number of hydrogen-bond donors (Lipinski definition) is 3. The summed E-state index contributed by atoms with van der Waals surface area (Å²) in [4.78, 5) is 25.2. The predicted molar refractivity (Wildman–Crippen MR) is 79.7 cm³/mol. The zero-order valence-electron chi connectivity index (χ0n) is 13.1. The van der Waals surface area contributed by atoms with Gasteiger partial charge in [-0.25, -0.2) is 9.59 Å². The van der Waals surface area contributed by atoms with Crippen molar-refractivity contribution in [2.45, 2.75) is 46.1 Å². The Morgan fingerprint density at radius 1 is 1.15 bits per heavy atom. The smallest absolute Gasteiger partial charge is 0.317 e. The van der Waals surface area contributed by atoms with Crippen molar-refractivity contribution in [3.63, 3.8) is 0 Å². The SMILES string of the molecule is CCNC(=O)NCC1CCN(C(=O)NC(C)(C)C)CC1. The van der Waals surface area contributed by atoms with Crippen LogP contribution in [0.5, 0.6) is 0 Å². The van der Waals surface area contributed by atoms with Crippen molar-refractivity contribution < 1.29 is 9.59 Å². The van der Waals surface area contributed by atoms with Gasteiger partial charge < -0.3 is 20.9 Å². The topological polar surface area (TPSA) is 73.5 Å². The number of rotatable bonds is 3. The maximum atomic E-state index is 12.0. The van der Waals surface area contributed by atoms with Crippen LogP contribution >= 0.6 is 0 Å². The summed E-state index contributed by atoms with van der Waals surface area (Å²) < 4.78 is 0. The molecule has 6 heteroatoms. The third kappa shape index (κ3) is 6.12. The Morgan fingerprint density at radius 2 is 1.75 bits per heavy atom. The molecule has 1 aliphatic rings. The van der Waals surface area contributed by atoms with Gasteiger partial charge in [0.2, 0.25) is 0 Å². The number of urea groups is 2. The molecule has 20 heavy (non-hydrogen) atoms. The summed E-state index contributed by atoms with van der Waals surface area (Å²) in [5.41, 5.74) is -0.201. The molecule has 4 amide bonds.